The first-order valence-corrected chi connectivity index (χ1v) is 10.0. The van der Waals surface area contributed by atoms with E-state index in [2.05, 4.69) is 52.6 Å². The van der Waals surface area contributed by atoms with Gasteiger partial charge in [0.1, 0.15) is 0 Å². The van der Waals surface area contributed by atoms with Gasteiger partial charge in [0.05, 0.1) is 12.0 Å². The van der Waals surface area contributed by atoms with Crippen LogP contribution < -0.4 is 5.73 Å². The lowest BCUT2D eigenvalue weighted by molar-refractivity contribution is 0.178. The van der Waals surface area contributed by atoms with E-state index in [-0.39, 0.29) is 0 Å². The molecule has 28 heavy (non-hydrogen) atoms. The van der Waals surface area contributed by atoms with Crippen molar-refractivity contribution in [1.82, 2.24) is 19.4 Å². The monoisotopic (exact) mass is 375 g/mol. The smallest absolute Gasteiger partial charge is 0.0950 e. The number of hydrogen-bond acceptors (Lipinski definition) is 4. The van der Waals surface area contributed by atoms with Gasteiger partial charge >= 0.3 is 0 Å². The van der Waals surface area contributed by atoms with E-state index < -0.39 is 0 Å². The van der Waals surface area contributed by atoms with E-state index >= 15 is 0 Å². The molecule has 1 saturated heterocycles. The number of rotatable bonds is 4. The van der Waals surface area contributed by atoms with Crippen molar-refractivity contribution in [2.45, 2.75) is 46.2 Å². The van der Waals surface area contributed by atoms with Gasteiger partial charge in [-0.05, 0) is 62.9 Å². The van der Waals surface area contributed by atoms with Crippen LogP contribution in [0, 0.1) is 20.8 Å². The standard InChI is InChI=1S/C23H29N5/c1-16-4-7-23(26-18(16)3)21-12-19(5-6-22(21)24)14-27-10-8-20(9-11-27)28-15-25-13-17(28)2/h4-7,12-13,15,20H,8-11,14,24H2,1-3H3. The molecule has 0 spiro atoms. The Morgan fingerprint density at radius 1 is 1.07 bits per heavy atom. The largest absolute Gasteiger partial charge is 0.398 e. The first-order chi connectivity index (χ1) is 13.5. The van der Waals surface area contributed by atoms with Crippen molar-refractivity contribution < 1.29 is 0 Å². The molecular formula is C23H29N5. The number of pyridine rings is 1. The third-order valence-corrected chi connectivity index (χ3v) is 5.96. The molecule has 2 aromatic heterocycles. The van der Waals surface area contributed by atoms with Gasteiger partial charge in [0, 0.05) is 54.5 Å². The fraction of sp³-hybridized carbons (Fsp3) is 0.391. The fourth-order valence-electron chi connectivity index (χ4n) is 4.07. The first-order valence-electron chi connectivity index (χ1n) is 10.0. The van der Waals surface area contributed by atoms with Crippen molar-refractivity contribution >= 4 is 5.69 Å². The van der Waals surface area contributed by atoms with E-state index in [9.17, 15) is 0 Å². The molecule has 1 aliphatic heterocycles. The summed E-state index contributed by atoms with van der Waals surface area (Å²) in [4.78, 5) is 11.5. The third-order valence-electron chi connectivity index (χ3n) is 5.96. The van der Waals surface area contributed by atoms with Crippen molar-refractivity contribution in [2.75, 3.05) is 18.8 Å². The van der Waals surface area contributed by atoms with Gasteiger partial charge in [0.2, 0.25) is 0 Å². The Morgan fingerprint density at radius 2 is 1.86 bits per heavy atom. The highest BCUT2D eigenvalue weighted by molar-refractivity contribution is 5.74. The van der Waals surface area contributed by atoms with E-state index in [1.807, 2.05) is 25.5 Å². The van der Waals surface area contributed by atoms with Crippen LogP contribution in [0.3, 0.4) is 0 Å². The summed E-state index contributed by atoms with van der Waals surface area (Å²) in [6.07, 6.45) is 6.25. The average Bonchev–Trinajstić information content (AvgIpc) is 3.12. The molecule has 0 amide bonds. The number of nitrogens with two attached hydrogens (primary N) is 1. The zero-order valence-corrected chi connectivity index (χ0v) is 17.0. The van der Waals surface area contributed by atoms with E-state index in [1.165, 1.54) is 16.8 Å². The molecule has 0 radical (unpaired) electrons. The van der Waals surface area contributed by atoms with Gasteiger partial charge < -0.3 is 10.3 Å². The molecule has 2 N–H and O–H groups in total. The van der Waals surface area contributed by atoms with Crippen molar-refractivity contribution in [3.8, 4) is 11.3 Å². The van der Waals surface area contributed by atoms with E-state index in [1.54, 1.807) is 0 Å². The zero-order chi connectivity index (χ0) is 19.7. The maximum absolute atomic E-state index is 6.27. The predicted molar refractivity (Wildman–Crippen MR) is 114 cm³/mol. The van der Waals surface area contributed by atoms with Crippen LogP contribution in [0.15, 0.2) is 42.9 Å². The fourth-order valence-corrected chi connectivity index (χ4v) is 4.07. The summed E-state index contributed by atoms with van der Waals surface area (Å²) in [6, 6.07) is 11.1. The van der Waals surface area contributed by atoms with Gasteiger partial charge in [0.25, 0.3) is 0 Å². The molecule has 4 rings (SSSR count). The number of piperidine rings is 1. The Labute approximate surface area is 167 Å². The van der Waals surface area contributed by atoms with E-state index in [4.69, 9.17) is 10.7 Å². The van der Waals surface area contributed by atoms with Crippen LogP contribution >= 0.6 is 0 Å². The molecule has 1 aliphatic rings. The highest BCUT2D eigenvalue weighted by Gasteiger charge is 2.21. The van der Waals surface area contributed by atoms with Crippen molar-refractivity contribution in [2.24, 2.45) is 0 Å². The number of nitrogen functional groups attached to an aromatic ring is 1. The molecule has 3 heterocycles. The maximum Gasteiger partial charge on any atom is 0.0950 e. The Balaban J connectivity index is 1.46. The normalized spacial score (nSPS) is 15.8. The van der Waals surface area contributed by atoms with Crippen LogP contribution in [0.1, 0.15) is 41.4 Å². The van der Waals surface area contributed by atoms with Gasteiger partial charge in [-0.25, -0.2) is 4.98 Å². The van der Waals surface area contributed by atoms with Crippen molar-refractivity contribution in [1.29, 1.82) is 0 Å². The summed E-state index contributed by atoms with van der Waals surface area (Å²) in [5.41, 5.74) is 13.8. The predicted octanol–water partition coefficient (Wildman–Crippen LogP) is 4.29. The Hall–Kier alpha value is -2.66. The summed E-state index contributed by atoms with van der Waals surface area (Å²) < 4.78 is 2.32. The van der Waals surface area contributed by atoms with Crippen LogP contribution in [0.25, 0.3) is 11.3 Å². The number of aryl methyl sites for hydroxylation is 3. The summed E-state index contributed by atoms with van der Waals surface area (Å²) >= 11 is 0. The van der Waals surface area contributed by atoms with Crippen LogP contribution in [-0.4, -0.2) is 32.5 Å². The van der Waals surface area contributed by atoms with Crippen molar-refractivity contribution in [3.63, 3.8) is 0 Å². The third kappa shape index (κ3) is 3.80. The topological polar surface area (TPSA) is 60.0 Å². The molecule has 0 saturated carbocycles. The first kappa shape index (κ1) is 18.7. The lowest BCUT2D eigenvalue weighted by Crippen LogP contribution is -2.34. The second-order valence-corrected chi connectivity index (χ2v) is 7.97. The summed E-state index contributed by atoms with van der Waals surface area (Å²) in [7, 11) is 0. The Bertz CT molecular complexity index is 967. The number of imidazole rings is 1. The maximum atomic E-state index is 6.27. The summed E-state index contributed by atoms with van der Waals surface area (Å²) in [5.74, 6) is 0. The minimum Gasteiger partial charge on any atom is -0.398 e. The number of benzene rings is 1. The van der Waals surface area contributed by atoms with Crippen molar-refractivity contribution in [3.05, 3.63) is 65.4 Å². The van der Waals surface area contributed by atoms with Crippen LogP contribution in [0.5, 0.6) is 0 Å². The molecule has 1 fully saturated rings. The molecule has 3 aromatic rings. The molecule has 5 heteroatoms. The molecular weight excluding hydrogens is 346 g/mol. The highest BCUT2D eigenvalue weighted by atomic mass is 15.2. The molecule has 5 nitrogen and oxygen atoms in total. The quantitative estimate of drug-likeness (QED) is 0.691. The highest BCUT2D eigenvalue weighted by Crippen LogP contribution is 2.29. The lowest BCUT2D eigenvalue weighted by atomic mass is 10.0. The number of anilines is 1. The molecule has 1 aromatic carbocycles. The summed E-state index contributed by atoms with van der Waals surface area (Å²) in [6.45, 7) is 9.42. The molecule has 0 aliphatic carbocycles. The number of hydrogen-bond donors (Lipinski definition) is 1. The van der Waals surface area contributed by atoms with Crippen LogP contribution in [0.2, 0.25) is 0 Å². The van der Waals surface area contributed by atoms with Gasteiger partial charge in [-0.3, -0.25) is 9.88 Å². The Kier molecular flexibility index (Phi) is 5.18. The number of aromatic nitrogens is 3. The van der Waals surface area contributed by atoms with Gasteiger partial charge in [0.15, 0.2) is 0 Å². The molecule has 146 valence electrons. The lowest BCUT2D eigenvalue weighted by Gasteiger charge is -2.33. The number of likely N-dealkylation sites (tertiary alicyclic amines) is 1. The zero-order valence-electron chi connectivity index (χ0n) is 17.0. The second-order valence-electron chi connectivity index (χ2n) is 7.97. The average molecular weight is 376 g/mol. The van der Waals surface area contributed by atoms with Gasteiger partial charge in [-0.15, -0.1) is 0 Å². The summed E-state index contributed by atoms with van der Waals surface area (Å²) in [5, 5.41) is 0. The van der Waals surface area contributed by atoms with Gasteiger partial charge in [-0.2, -0.15) is 0 Å². The molecule has 0 atom stereocenters. The van der Waals surface area contributed by atoms with Crippen LogP contribution in [0.4, 0.5) is 5.69 Å². The molecule has 0 unspecified atom stereocenters. The SMILES string of the molecule is Cc1ccc(-c2cc(CN3CCC(n4cncc4C)CC3)ccc2N)nc1C. The van der Waals surface area contributed by atoms with E-state index in [0.29, 0.717) is 6.04 Å². The van der Waals surface area contributed by atoms with E-state index in [0.717, 1.165) is 55.1 Å². The Morgan fingerprint density at radius 3 is 2.54 bits per heavy atom. The molecule has 0 bridgehead atoms. The number of nitrogens with zero attached hydrogens (tertiary/aromatic N) is 4. The minimum absolute atomic E-state index is 0.570. The minimum atomic E-state index is 0.570. The second kappa shape index (κ2) is 7.76. The van der Waals surface area contributed by atoms with Crippen LogP contribution in [-0.2, 0) is 6.54 Å². The van der Waals surface area contributed by atoms with Gasteiger partial charge in [-0.1, -0.05) is 12.1 Å².